The minimum atomic E-state index is -3.62. The van der Waals surface area contributed by atoms with E-state index in [1.807, 2.05) is 34.6 Å². The Bertz CT molecular complexity index is 939. The Hall–Kier alpha value is -2.03. The SMILES string of the molecule is CC1CN(c2ccc(S(=O)(=O)N(C(C)C)C(C)C)cn2)CC(c2ccc(F)cc2)O1. The zero-order valence-electron chi connectivity index (χ0n) is 18.1. The van der Waals surface area contributed by atoms with Gasteiger partial charge in [0.1, 0.15) is 22.6 Å². The molecule has 0 amide bonds. The first-order chi connectivity index (χ1) is 14.1. The number of pyridine rings is 1. The van der Waals surface area contributed by atoms with Gasteiger partial charge in [0.05, 0.1) is 6.10 Å². The minimum Gasteiger partial charge on any atom is -0.367 e. The first-order valence-electron chi connectivity index (χ1n) is 10.2. The van der Waals surface area contributed by atoms with E-state index in [1.54, 1.807) is 24.3 Å². The molecule has 0 spiro atoms. The predicted octanol–water partition coefficient (Wildman–Crippen LogP) is 3.99. The molecule has 164 valence electrons. The fourth-order valence-corrected chi connectivity index (χ4v) is 5.76. The van der Waals surface area contributed by atoms with E-state index < -0.39 is 10.0 Å². The number of benzene rings is 1. The quantitative estimate of drug-likeness (QED) is 0.686. The average molecular weight is 436 g/mol. The van der Waals surface area contributed by atoms with Gasteiger partial charge in [-0.2, -0.15) is 4.31 Å². The van der Waals surface area contributed by atoms with Crippen molar-refractivity contribution in [1.29, 1.82) is 0 Å². The molecule has 0 N–H and O–H groups in total. The van der Waals surface area contributed by atoms with Gasteiger partial charge in [0, 0.05) is 31.4 Å². The molecule has 1 aliphatic rings. The summed E-state index contributed by atoms with van der Waals surface area (Å²) >= 11 is 0. The number of sulfonamides is 1. The standard InChI is InChI=1S/C22H30FN3O3S/c1-15(2)26(16(3)4)30(27,28)20-10-11-22(24-12-20)25-13-17(5)29-21(14-25)18-6-8-19(23)9-7-18/h6-12,15-17,21H,13-14H2,1-5H3. The van der Waals surface area contributed by atoms with Crippen LogP contribution in [0.1, 0.15) is 46.3 Å². The third-order valence-corrected chi connectivity index (χ3v) is 7.38. The highest BCUT2D eigenvalue weighted by molar-refractivity contribution is 7.89. The van der Waals surface area contributed by atoms with E-state index in [0.717, 1.165) is 5.56 Å². The number of nitrogens with zero attached hydrogens (tertiary/aromatic N) is 3. The molecule has 0 radical (unpaired) electrons. The summed E-state index contributed by atoms with van der Waals surface area (Å²) in [5, 5.41) is 0. The summed E-state index contributed by atoms with van der Waals surface area (Å²) in [6, 6.07) is 9.37. The zero-order chi connectivity index (χ0) is 22.1. The lowest BCUT2D eigenvalue weighted by molar-refractivity contribution is -0.0176. The molecule has 2 heterocycles. The van der Waals surface area contributed by atoms with Crippen molar-refractivity contribution in [2.24, 2.45) is 0 Å². The minimum absolute atomic E-state index is 0.0450. The van der Waals surface area contributed by atoms with E-state index in [-0.39, 0.29) is 35.0 Å². The lowest BCUT2D eigenvalue weighted by atomic mass is 10.1. The number of aromatic nitrogens is 1. The van der Waals surface area contributed by atoms with Crippen LogP contribution in [0.4, 0.5) is 10.2 Å². The van der Waals surface area contributed by atoms with Crippen LogP contribution in [0.15, 0.2) is 47.5 Å². The van der Waals surface area contributed by atoms with E-state index >= 15 is 0 Å². The second-order valence-corrected chi connectivity index (χ2v) is 10.1. The van der Waals surface area contributed by atoms with Crippen molar-refractivity contribution in [2.75, 3.05) is 18.0 Å². The summed E-state index contributed by atoms with van der Waals surface area (Å²) in [5.41, 5.74) is 0.900. The second kappa shape index (κ2) is 8.99. The lowest BCUT2D eigenvalue weighted by Crippen LogP contribution is -2.43. The molecule has 2 unspecified atom stereocenters. The number of morpholine rings is 1. The molecule has 0 aliphatic carbocycles. The highest BCUT2D eigenvalue weighted by Crippen LogP contribution is 2.29. The van der Waals surface area contributed by atoms with E-state index in [9.17, 15) is 12.8 Å². The normalized spacial score (nSPS) is 20.4. The van der Waals surface area contributed by atoms with Crippen molar-refractivity contribution < 1.29 is 17.5 Å². The van der Waals surface area contributed by atoms with Gasteiger partial charge in [-0.3, -0.25) is 0 Å². The van der Waals surface area contributed by atoms with Gasteiger partial charge in [-0.15, -0.1) is 0 Å². The number of halogens is 1. The number of rotatable bonds is 6. The van der Waals surface area contributed by atoms with Gasteiger partial charge in [0.25, 0.3) is 0 Å². The van der Waals surface area contributed by atoms with Crippen LogP contribution in [0.2, 0.25) is 0 Å². The maximum absolute atomic E-state index is 13.2. The molecule has 2 aromatic rings. The van der Waals surface area contributed by atoms with Crippen LogP contribution in [0.5, 0.6) is 0 Å². The topological polar surface area (TPSA) is 62.7 Å². The van der Waals surface area contributed by atoms with Crippen molar-refractivity contribution in [2.45, 2.75) is 63.8 Å². The Labute approximate surface area is 178 Å². The van der Waals surface area contributed by atoms with Crippen LogP contribution in [0.3, 0.4) is 0 Å². The van der Waals surface area contributed by atoms with E-state index in [4.69, 9.17) is 4.74 Å². The molecule has 1 aliphatic heterocycles. The predicted molar refractivity (Wildman–Crippen MR) is 115 cm³/mol. The molecule has 1 aromatic carbocycles. The average Bonchev–Trinajstić information content (AvgIpc) is 2.67. The summed E-state index contributed by atoms with van der Waals surface area (Å²) < 4.78 is 46.9. The van der Waals surface area contributed by atoms with Gasteiger partial charge in [0.15, 0.2) is 0 Å². The number of hydrogen-bond acceptors (Lipinski definition) is 5. The zero-order valence-corrected chi connectivity index (χ0v) is 18.9. The fourth-order valence-electron chi connectivity index (χ4n) is 3.99. The molecule has 6 nitrogen and oxygen atoms in total. The number of anilines is 1. The molecule has 8 heteroatoms. The number of ether oxygens (including phenoxy) is 1. The first-order valence-corrected chi connectivity index (χ1v) is 11.7. The van der Waals surface area contributed by atoms with Crippen molar-refractivity contribution >= 4 is 15.8 Å². The van der Waals surface area contributed by atoms with Gasteiger partial charge in [0.2, 0.25) is 10.0 Å². The molecule has 1 saturated heterocycles. The molecule has 1 fully saturated rings. The summed E-state index contributed by atoms with van der Waals surface area (Å²) in [5.74, 6) is 0.409. The second-order valence-electron chi connectivity index (χ2n) is 8.27. The monoisotopic (exact) mass is 435 g/mol. The summed E-state index contributed by atoms with van der Waals surface area (Å²) in [6.07, 6.45) is 1.17. The lowest BCUT2D eigenvalue weighted by Gasteiger charge is -2.37. The molecular weight excluding hydrogens is 405 g/mol. The molecule has 0 saturated carbocycles. The third-order valence-electron chi connectivity index (χ3n) is 5.14. The number of hydrogen-bond donors (Lipinski definition) is 0. The summed E-state index contributed by atoms with van der Waals surface area (Å²) in [4.78, 5) is 6.71. The van der Waals surface area contributed by atoms with Crippen LogP contribution in [0.25, 0.3) is 0 Å². The van der Waals surface area contributed by atoms with Crippen LogP contribution < -0.4 is 4.90 Å². The maximum atomic E-state index is 13.2. The first kappa shape index (κ1) is 22.7. The van der Waals surface area contributed by atoms with Crippen LogP contribution in [-0.4, -0.2) is 49.0 Å². The Kier molecular flexibility index (Phi) is 6.79. The molecule has 1 aromatic heterocycles. The highest BCUT2D eigenvalue weighted by atomic mass is 32.2. The Morgan fingerprint density at radius 3 is 2.23 bits per heavy atom. The van der Waals surface area contributed by atoms with Gasteiger partial charge < -0.3 is 9.64 Å². The third kappa shape index (κ3) is 4.82. The largest absolute Gasteiger partial charge is 0.367 e. The van der Waals surface area contributed by atoms with Gasteiger partial charge in [-0.1, -0.05) is 12.1 Å². The van der Waals surface area contributed by atoms with Crippen LogP contribution >= 0.6 is 0 Å². The van der Waals surface area contributed by atoms with Crippen LogP contribution in [0, 0.1) is 5.82 Å². The van der Waals surface area contributed by atoms with Crippen molar-refractivity contribution in [3.8, 4) is 0 Å². The van der Waals surface area contributed by atoms with Crippen molar-refractivity contribution in [1.82, 2.24) is 9.29 Å². The molecule has 30 heavy (non-hydrogen) atoms. The Morgan fingerprint density at radius 2 is 1.70 bits per heavy atom. The molecular formula is C22H30FN3O3S. The van der Waals surface area contributed by atoms with Crippen molar-refractivity contribution in [3.63, 3.8) is 0 Å². The smallest absolute Gasteiger partial charge is 0.245 e. The van der Waals surface area contributed by atoms with Gasteiger partial charge in [-0.25, -0.2) is 17.8 Å². The Balaban J connectivity index is 1.82. The highest BCUT2D eigenvalue weighted by Gasteiger charge is 2.31. The van der Waals surface area contributed by atoms with Gasteiger partial charge in [-0.05, 0) is 64.4 Å². The molecule has 2 atom stereocenters. The van der Waals surface area contributed by atoms with E-state index in [0.29, 0.717) is 18.9 Å². The molecule has 0 bridgehead atoms. The summed E-state index contributed by atoms with van der Waals surface area (Å²) in [6.45, 7) is 10.6. The Morgan fingerprint density at radius 1 is 1.07 bits per heavy atom. The van der Waals surface area contributed by atoms with E-state index in [1.165, 1.54) is 22.6 Å². The summed E-state index contributed by atoms with van der Waals surface area (Å²) in [7, 11) is -3.62. The maximum Gasteiger partial charge on any atom is 0.245 e. The van der Waals surface area contributed by atoms with E-state index in [2.05, 4.69) is 9.88 Å². The van der Waals surface area contributed by atoms with Crippen molar-refractivity contribution in [3.05, 3.63) is 54.0 Å². The fraction of sp³-hybridized carbons (Fsp3) is 0.500. The molecule has 3 rings (SSSR count). The van der Waals surface area contributed by atoms with Gasteiger partial charge >= 0.3 is 0 Å². The van der Waals surface area contributed by atoms with Crippen LogP contribution in [-0.2, 0) is 14.8 Å².